The maximum atomic E-state index is 14.4. The Bertz CT molecular complexity index is 924. The number of nitrogens with one attached hydrogen (secondary N) is 1. The molecule has 1 aromatic carbocycles. The molecule has 0 radical (unpaired) electrons. The number of carboxylic acids is 1. The number of carbonyl (C=O) groups is 2. The Morgan fingerprint density at radius 1 is 1.39 bits per heavy atom. The van der Waals surface area contributed by atoms with Crippen molar-refractivity contribution in [3.05, 3.63) is 46.5 Å². The van der Waals surface area contributed by atoms with Gasteiger partial charge in [-0.1, -0.05) is 6.07 Å². The number of hydrogen-bond acceptors (Lipinski definition) is 4. The van der Waals surface area contributed by atoms with Gasteiger partial charge in [-0.05, 0) is 50.8 Å². The molecule has 1 aromatic heterocycles. The number of benzene rings is 1. The molecule has 8 heteroatoms. The summed E-state index contributed by atoms with van der Waals surface area (Å²) in [7, 11) is 1.44. The van der Waals surface area contributed by atoms with Crippen molar-refractivity contribution in [1.82, 2.24) is 15.1 Å². The van der Waals surface area contributed by atoms with Gasteiger partial charge in [0.2, 0.25) is 0 Å². The lowest BCUT2D eigenvalue weighted by atomic mass is 9.98. The third-order valence-electron chi connectivity index (χ3n) is 4.89. The number of rotatable bonds is 7. The van der Waals surface area contributed by atoms with E-state index < -0.39 is 23.2 Å². The Morgan fingerprint density at radius 3 is 2.82 bits per heavy atom. The molecule has 2 aromatic rings. The summed E-state index contributed by atoms with van der Waals surface area (Å²) < 4.78 is 21.0. The van der Waals surface area contributed by atoms with Crippen molar-refractivity contribution in [3.8, 4) is 5.69 Å². The number of amides is 1. The van der Waals surface area contributed by atoms with E-state index in [1.54, 1.807) is 19.1 Å². The molecule has 150 valence electrons. The summed E-state index contributed by atoms with van der Waals surface area (Å²) in [5.74, 6) is -1.94. The standard InChI is InChI=1S/C20H24FN3O4/c1-12-7-8-14(21)16(9-12)24-15-6-4-5-13(15)18(23-24)19(27)22-20(2,11-28-3)10-17(25)26/h7-9H,4-6,10-11H2,1-3H3,(H,22,27)(H,25,26). The van der Waals surface area contributed by atoms with Crippen molar-refractivity contribution in [3.63, 3.8) is 0 Å². The molecule has 0 fully saturated rings. The molecule has 2 N–H and O–H groups in total. The highest BCUT2D eigenvalue weighted by Crippen LogP contribution is 2.29. The molecular weight excluding hydrogens is 365 g/mol. The summed E-state index contributed by atoms with van der Waals surface area (Å²) >= 11 is 0. The number of nitrogens with zero attached hydrogens (tertiary/aromatic N) is 2. The Morgan fingerprint density at radius 2 is 2.14 bits per heavy atom. The first-order valence-corrected chi connectivity index (χ1v) is 9.14. The maximum Gasteiger partial charge on any atom is 0.305 e. The SMILES string of the molecule is COCC(C)(CC(=O)O)NC(=O)c1nn(-c2cc(C)ccc2F)c2c1CCC2. The molecule has 0 saturated heterocycles. The van der Waals surface area contributed by atoms with Crippen molar-refractivity contribution in [1.29, 1.82) is 0 Å². The summed E-state index contributed by atoms with van der Waals surface area (Å²) in [6.45, 7) is 3.52. The summed E-state index contributed by atoms with van der Waals surface area (Å²) in [5.41, 5.74) is 1.93. The Balaban J connectivity index is 1.98. The first-order chi connectivity index (χ1) is 13.2. The quantitative estimate of drug-likeness (QED) is 0.759. The topological polar surface area (TPSA) is 93.4 Å². The van der Waals surface area contributed by atoms with E-state index in [9.17, 15) is 14.0 Å². The molecule has 28 heavy (non-hydrogen) atoms. The van der Waals surface area contributed by atoms with Crippen LogP contribution >= 0.6 is 0 Å². The van der Waals surface area contributed by atoms with Crippen LogP contribution in [-0.2, 0) is 22.4 Å². The van der Waals surface area contributed by atoms with E-state index in [0.717, 1.165) is 23.2 Å². The van der Waals surface area contributed by atoms with Crippen LogP contribution in [0.2, 0.25) is 0 Å². The molecule has 0 spiro atoms. The van der Waals surface area contributed by atoms with Gasteiger partial charge < -0.3 is 15.2 Å². The van der Waals surface area contributed by atoms with Gasteiger partial charge >= 0.3 is 5.97 Å². The van der Waals surface area contributed by atoms with E-state index in [-0.39, 0.29) is 18.7 Å². The number of methoxy groups -OCH3 is 1. The van der Waals surface area contributed by atoms with Crippen LogP contribution in [0.25, 0.3) is 5.69 Å². The van der Waals surface area contributed by atoms with E-state index in [2.05, 4.69) is 10.4 Å². The van der Waals surface area contributed by atoms with Crippen LogP contribution in [0.3, 0.4) is 0 Å². The predicted octanol–water partition coefficient (Wildman–Crippen LogP) is 2.42. The fraction of sp³-hybridized carbons (Fsp3) is 0.450. The normalized spacial score (nSPS) is 15.1. The van der Waals surface area contributed by atoms with Crippen molar-refractivity contribution < 1.29 is 23.8 Å². The molecule has 1 amide bonds. The average Bonchev–Trinajstić information content (AvgIpc) is 3.18. The van der Waals surface area contributed by atoms with Gasteiger partial charge in [0, 0.05) is 18.4 Å². The van der Waals surface area contributed by atoms with Crippen LogP contribution < -0.4 is 5.32 Å². The van der Waals surface area contributed by atoms with Crippen molar-refractivity contribution in [2.75, 3.05) is 13.7 Å². The zero-order valence-corrected chi connectivity index (χ0v) is 16.2. The van der Waals surface area contributed by atoms with Gasteiger partial charge in [0.1, 0.15) is 11.5 Å². The summed E-state index contributed by atoms with van der Waals surface area (Å²) in [6.07, 6.45) is 1.94. The van der Waals surface area contributed by atoms with Gasteiger partial charge in [0.15, 0.2) is 5.69 Å². The highest BCUT2D eigenvalue weighted by molar-refractivity contribution is 5.95. The zero-order valence-electron chi connectivity index (χ0n) is 16.2. The molecule has 7 nitrogen and oxygen atoms in total. The molecule has 0 saturated carbocycles. The number of carboxylic acid groups (broad SMARTS) is 1. The van der Waals surface area contributed by atoms with Gasteiger partial charge in [-0.15, -0.1) is 0 Å². The molecule has 0 aliphatic heterocycles. The van der Waals surface area contributed by atoms with Crippen molar-refractivity contribution >= 4 is 11.9 Å². The second kappa shape index (κ2) is 7.71. The van der Waals surface area contributed by atoms with Crippen molar-refractivity contribution in [2.24, 2.45) is 0 Å². The molecule has 3 rings (SSSR count). The van der Waals surface area contributed by atoms with E-state index in [4.69, 9.17) is 9.84 Å². The second-order valence-electron chi connectivity index (χ2n) is 7.51. The molecule has 1 heterocycles. The number of aliphatic carboxylic acids is 1. The van der Waals surface area contributed by atoms with E-state index >= 15 is 0 Å². The highest BCUT2D eigenvalue weighted by atomic mass is 19.1. The van der Waals surface area contributed by atoms with Crippen molar-refractivity contribution in [2.45, 2.75) is 45.1 Å². The smallest absolute Gasteiger partial charge is 0.305 e. The lowest BCUT2D eigenvalue weighted by molar-refractivity contribution is -0.139. The van der Waals surface area contributed by atoms with Crippen LogP contribution in [0.5, 0.6) is 0 Å². The van der Waals surface area contributed by atoms with Gasteiger partial charge in [-0.2, -0.15) is 5.10 Å². The summed E-state index contributed by atoms with van der Waals surface area (Å²) in [5, 5.41) is 16.3. The third-order valence-corrected chi connectivity index (χ3v) is 4.89. The van der Waals surface area contributed by atoms with E-state index in [1.807, 2.05) is 6.92 Å². The maximum absolute atomic E-state index is 14.4. The average molecular weight is 389 g/mol. The molecule has 1 aliphatic rings. The summed E-state index contributed by atoms with van der Waals surface area (Å²) in [6, 6.07) is 4.76. The number of aromatic nitrogens is 2. The van der Waals surface area contributed by atoms with Gasteiger partial charge in [0.05, 0.1) is 18.6 Å². The molecule has 1 aliphatic carbocycles. The van der Waals surface area contributed by atoms with Gasteiger partial charge in [-0.3, -0.25) is 9.59 Å². The molecule has 1 atom stereocenters. The first kappa shape index (κ1) is 20.0. The van der Waals surface area contributed by atoms with Gasteiger partial charge in [0.25, 0.3) is 5.91 Å². The zero-order chi connectivity index (χ0) is 20.5. The lowest BCUT2D eigenvalue weighted by Crippen LogP contribution is -2.51. The van der Waals surface area contributed by atoms with E-state index in [1.165, 1.54) is 17.9 Å². The fourth-order valence-corrected chi connectivity index (χ4v) is 3.72. The largest absolute Gasteiger partial charge is 0.481 e. The monoisotopic (exact) mass is 389 g/mol. The van der Waals surface area contributed by atoms with Crippen LogP contribution in [0.1, 0.15) is 47.1 Å². The highest BCUT2D eigenvalue weighted by Gasteiger charge is 2.34. The molecular formula is C20H24FN3O4. The van der Waals surface area contributed by atoms with E-state index in [0.29, 0.717) is 18.5 Å². The molecule has 1 unspecified atom stereocenters. The number of carbonyl (C=O) groups excluding carboxylic acids is 1. The fourth-order valence-electron chi connectivity index (χ4n) is 3.72. The Kier molecular flexibility index (Phi) is 5.51. The number of hydrogen-bond donors (Lipinski definition) is 2. The van der Waals surface area contributed by atoms with Crippen LogP contribution in [0.4, 0.5) is 4.39 Å². The summed E-state index contributed by atoms with van der Waals surface area (Å²) in [4.78, 5) is 24.1. The molecule has 0 bridgehead atoms. The van der Waals surface area contributed by atoms with Crippen LogP contribution in [0.15, 0.2) is 18.2 Å². The van der Waals surface area contributed by atoms with Crippen LogP contribution in [0, 0.1) is 12.7 Å². The number of aryl methyl sites for hydroxylation is 1. The minimum absolute atomic E-state index is 0.0421. The van der Waals surface area contributed by atoms with Crippen LogP contribution in [-0.4, -0.2) is 46.0 Å². The second-order valence-corrected chi connectivity index (χ2v) is 7.51. The Labute approximate surface area is 162 Å². The Hall–Kier alpha value is -2.74. The number of fused-ring (bicyclic) bond motifs is 1. The lowest BCUT2D eigenvalue weighted by Gasteiger charge is -2.28. The number of halogens is 1. The minimum atomic E-state index is -1.08. The minimum Gasteiger partial charge on any atom is -0.481 e. The number of ether oxygens (including phenoxy) is 1. The van der Waals surface area contributed by atoms with Gasteiger partial charge in [-0.25, -0.2) is 9.07 Å². The third kappa shape index (κ3) is 3.91. The predicted molar refractivity (Wildman–Crippen MR) is 100 cm³/mol. The first-order valence-electron chi connectivity index (χ1n) is 9.14.